The number of nitrogens with one attached hydrogen (secondary N) is 1. The van der Waals surface area contributed by atoms with E-state index in [-0.39, 0.29) is 12.5 Å². The molecule has 1 fully saturated rings. The van der Waals surface area contributed by atoms with Gasteiger partial charge in [-0.1, -0.05) is 30.1 Å². The SMILES string of the molecule is CC1CCN(c2ccc(NC(=O)COc3ccc(Cl)cc3Cl)cc2)CC1. The highest BCUT2D eigenvalue weighted by Gasteiger charge is 2.16. The van der Waals surface area contributed by atoms with Crippen LogP contribution in [0.4, 0.5) is 11.4 Å². The highest BCUT2D eigenvalue weighted by Crippen LogP contribution is 2.27. The van der Waals surface area contributed by atoms with E-state index in [1.165, 1.54) is 18.5 Å². The van der Waals surface area contributed by atoms with Gasteiger partial charge in [-0.05, 0) is 61.2 Å². The van der Waals surface area contributed by atoms with Gasteiger partial charge in [-0.2, -0.15) is 0 Å². The summed E-state index contributed by atoms with van der Waals surface area (Å²) < 4.78 is 5.44. The average Bonchev–Trinajstić information content (AvgIpc) is 2.62. The monoisotopic (exact) mass is 392 g/mol. The molecule has 1 amide bonds. The van der Waals surface area contributed by atoms with Crippen LogP contribution < -0.4 is 15.0 Å². The molecular formula is C20H22Cl2N2O2. The Morgan fingerprint density at radius 2 is 1.85 bits per heavy atom. The molecule has 0 aromatic heterocycles. The molecule has 0 aliphatic carbocycles. The van der Waals surface area contributed by atoms with Crippen LogP contribution >= 0.6 is 23.2 Å². The molecule has 3 rings (SSSR count). The van der Waals surface area contributed by atoms with Crippen LogP contribution in [0.25, 0.3) is 0 Å². The second kappa shape index (κ2) is 8.65. The first-order valence-corrected chi connectivity index (χ1v) is 9.49. The fraction of sp³-hybridized carbons (Fsp3) is 0.350. The summed E-state index contributed by atoms with van der Waals surface area (Å²) in [6.07, 6.45) is 2.45. The first kappa shape index (κ1) is 18.9. The Morgan fingerprint density at radius 3 is 2.50 bits per heavy atom. The smallest absolute Gasteiger partial charge is 0.262 e. The summed E-state index contributed by atoms with van der Waals surface area (Å²) >= 11 is 11.9. The van der Waals surface area contributed by atoms with Crippen molar-refractivity contribution in [3.8, 4) is 5.75 Å². The highest BCUT2D eigenvalue weighted by atomic mass is 35.5. The minimum Gasteiger partial charge on any atom is -0.482 e. The van der Waals surface area contributed by atoms with Gasteiger partial charge in [0.05, 0.1) is 5.02 Å². The van der Waals surface area contributed by atoms with Crippen molar-refractivity contribution in [2.24, 2.45) is 5.92 Å². The molecule has 1 heterocycles. The van der Waals surface area contributed by atoms with Crippen molar-refractivity contribution in [1.82, 2.24) is 0 Å². The lowest BCUT2D eigenvalue weighted by Gasteiger charge is -2.32. The van der Waals surface area contributed by atoms with Gasteiger partial charge in [0, 0.05) is 29.5 Å². The number of hydrogen-bond acceptors (Lipinski definition) is 3. The van der Waals surface area contributed by atoms with Crippen molar-refractivity contribution in [1.29, 1.82) is 0 Å². The first-order valence-electron chi connectivity index (χ1n) is 8.74. The average molecular weight is 393 g/mol. The van der Waals surface area contributed by atoms with Crippen molar-refractivity contribution in [3.05, 3.63) is 52.5 Å². The van der Waals surface area contributed by atoms with E-state index in [0.717, 1.165) is 24.7 Å². The number of hydrogen-bond donors (Lipinski definition) is 1. The van der Waals surface area contributed by atoms with Crippen LogP contribution in [0, 0.1) is 5.92 Å². The van der Waals surface area contributed by atoms with Crippen molar-refractivity contribution in [2.45, 2.75) is 19.8 Å². The molecule has 1 saturated heterocycles. The number of benzene rings is 2. The lowest BCUT2D eigenvalue weighted by atomic mass is 9.99. The van der Waals surface area contributed by atoms with Gasteiger partial charge in [-0.25, -0.2) is 0 Å². The summed E-state index contributed by atoms with van der Waals surface area (Å²) in [5.74, 6) is 0.996. The van der Waals surface area contributed by atoms with E-state index in [2.05, 4.69) is 17.1 Å². The van der Waals surface area contributed by atoms with E-state index in [0.29, 0.717) is 15.8 Å². The standard InChI is InChI=1S/C20H22Cl2N2O2/c1-14-8-10-24(11-9-14)17-5-3-16(4-6-17)23-20(25)13-26-19-7-2-15(21)12-18(19)22/h2-7,12,14H,8-11,13H2,1H3,(H,23,25). The maximum Gasteiger partial charge on any atom is 0.262 e. The zero-order valence-electron chi connectivity index (χ0n) is 14.7. The maximum absolute atomic E-state index is 12.1. The quantitative estimate of drug-likeness (QED) is 0.755. The van der Waals surface area contributed by atoms with Crippen LogP contribution in [0.3, 0.4) is 0 Å². The number of halogens is 2. The Bertz CT molecular complexity index is 757. The van der Waals surface area contributed by atoms with E-state index >= 15 is 0 Å². The van der Waals surface area contributed by atoms with Crippen molar-refractivity contribution in [3.63, 3.8) is 0 Å². The first-order chi connectivity index (χ1) is 12.5. The fourth-order valence-corrected chi connectivity index (χ4v) is 3.42. The predicted octanol–water partition coefficient (Wildman–Crippen LogP) is 5.25. The molecule has 1 N–H and O–H groups in total. The van der Waals surface area contributed by atoms with E-state index in [1.54, 1.807) is 18.2 Å². The molecule has 0 radical (unpaired) electrons. The van der Waals surface area contributed by atoms with Gasteiger partial charge in [-0.3, -0.25) is 4.79 Å². The van der Waals surface area contributed by atoms with E-state index in [1.807, 2.05) is 24.3 Å². The van der Waals surface area contributed by atoms with Gasteiger partial charge in [0.25, 0.3) is 5.91 Å². The number of nitrogens with zero attached hydrogens (tertiary/aromatic N) is 1. The van der Waals surface area contributed by atoms with Crippen molar-refractivity contribution >= 4 is 40.5 Å². The number of piperidine rings is 1. The molecular weight excluding hydrogens is 371 g/mol. The molecule has 0 bridgehead atoms. The van der Waals surface area contributed by atoms with Gasteiger partial charge >= 0.3 is 0 Å². The van der Waals surface area contributed by atoms with Crippen molar-refractivity contribution < 1.29 is 9.53 Å². The molecule has 0 atom stereocenters. The zero-order valence-corrected chi connectivity index (χ0v) is 16.2. The highest BCUT2D eigenvalue weighted by molar-refractivity contribution is 6.35. The second-order valence-corrected chi connectivity index (χ2v) is 7.47. The minimum absolute atomic E-state index is 0.118. The normalized spacial score (nSPS) is 15.0. The van der Waals surface area contributed by atoms with Crippen LogP contribution in [0.15, 0.2) is 42.5 Å². The summed E-state index contributed by atoms with van der Waals surface area (Å²) in [6, 6.07) is 12.8. The fourth-order valence-electron chi connectivity index (χ4n) is 2.96. The number of anilines is 2. The van der Waals surface area contributed by atoms with Crippen LogP contribution in [-0.4, -0.2) is 25.6 Å². The third kappa shape index (κ3) is 5.05. The number of amides is 1. The molecule has 0 spiro atoms. The molecule has 138 valence electrons. The number of carbonyl (C=O) groups excluding carboxylic acids is 1. The molecule has 2 aromatic rings. The van der Waals surface area contributed by atoms with Gasteiger partial charge in [0.2, 0.25) is 0 Å². The molecule has 26 heavy (non-hydrogen) atoms. The Hall–Kier alpha value is -1.91. The summed E-state index contributed by atoms with van der Waals surface area (Å²) in [7, 11) is 0. The van der Waals surface area contributed by atoms with E-state index < -0.39 is 0 Å². The number of carbonyl (C=O) groups is 1. The summed E-state index contributed by atoms with van der Waals surface area (Å²) in [4.78, 5) is 14.5. The maximum atomic E-state index is 12.1. The Balaban J connectivity index is 1.51. The molecule has 1 aliphatic heterocycles. The number of ether oxygens (including phenoxy) is 1. The zero-order chi connectivity index (χ0) is 18.5. The predicted molar refractivity (Wildman–Crippen MR) is 108 cm³/mol. The Labute approximate surface area is 164 Å². The minimum atomic E-state index is -0.240. The molecule has 6 heteroatoms. The Morgan fingerprint density at radius 1 is 1.15 bits per heavy atom. The number of rotatable bonds is 5. The lowest BCUT2D eigenvalue weighted by molar-refractivity contribution is -0.118. The molecule has 0 unspecified atom stereocenters. The summed E-state index contributed by atoms with van der Waals surface area (Å²) in [5, 5.41) is 3.73. The summed E-state index contributed by atoms with van der Waals surface area (Å²) in [6.45, 7) is 4.35. The molecule has 2 aromatic carbocycles. The van der Waals surface area contributed by atoms with Gasteiger partial charge in [0.15, 0.2) is 6.61 Å². The third-order valence-electron chi connectivity index (χ3n) is 4.55. The van der Waals surface area contributed by atoms with Gasteiger partial charge < -0.3 is 15.0 Å². The summed E-state index contributed by atoms with van der Waals surface area (Å²) in [5.41, 5.74) is 1.94. The van der Waals surface area contributed by atoms with E-state index in [4.69, 9.17) is 27.9 Å². The topological polar surface area (TPSA) is 41.6 Å². The Kier molecular flexibility index (Phi) is 6.28. The van der Waals surface area contributed by atoms with Crippen LogP contribution in [0.1, 0.15) is 19.8 Å². The molecule has 0 saturated carbocycles. The van der Waals surface area contributed by atoms with Crippen molar-refractivity contribution in [2.75, 3.05) is 29.9 Å². The third-order valence-corrected chi connectivity index (χ3v) is 5.08. The molecule has 1 aliphatic rings. The lowest BCUT2D eigenvalue weighted by Crippen LogP contribution is -2.32. The van der Waals surface area contributed by atoms with E-state index in [9.17, 15) is 4.79 Å². The molecule has 4 nitrogen and oxygen atoms in total. The van der Waals surface area contributed by atoms with Gasteiger partial charge in [-0.15, -0.1) is 0 Å². The van der Waals surface area contributed by atoms with Crippen LogP contribution in [0.5, 0.6) is 5.75 Å². The van der Waals surface area contributed by atoms with Crippen LogP contribution in [-0.2, 0) is 4.79 Å². The van der Waals surface area contributed by atoms with Crippen LogP contribution in [0.2, 0.25) is 10.0 Å². The second-order valence-electron chi connectivity index (χ2n) is 6.63. The van der Waals surface area contributed by atoms with Gasteiger partial charge in [0.1, 0.15) is 5.75 Å². The largest absolute Gasteiger partial charge is 0.482 e.